The van der Waals surface area contributed by atoms with Crippen LogP contribution in [0.5, 0.6) is 5.75 Å². The average Bonchev–Trinajstić information content (AvgIpc) is 2.69. The van der Waals surface area contributed by atoms with Gasteiger partial charge in [-0.05, 0) is 43.2 Å². The molecule has 1 heterocycles. The highest BCUT2D eigenvalue weighted by Crippen LogP contribution is 2.14. The lowest BCUT2D eigenvalue weighted by molar-refractivity contribution is -0.130. The molecule has 0 fully saturated rings. The van der Waals surface area contributed by atoms with E-state index in [0.29, 0.717) is 30.6 Å². The van der Waals surface area contributed by atoms with E-state index in [4.69, 9.17) is 4.74 Å². The Labute approximate surface area is 164 Å². The molecule has 0 aliphatic rings. The van der Waals surface area contributed by atoms with Gasteiger partial charge in [-0.3, -0.25) is 14.2 Å². The number of aryl methyl sites for hydroxylation is 2. The second kappa shape index (κ2) is 8.69. The van der Waals surface area contributed by atoms with Gasteiger partial charge in [0, 0.05) is 26.6 Å². The van der Waals surface area contributed by atoms with Gasteiger partial charge in [-0.25, -0.2) is 4.98 Å². The fourth-order valence-electron chi connectivity index (χ4n) is 3.12. The average molecular weight is 379 g/mol. The Morgan fingerprint density at radius 1 is 1.18 bits per heavy atom. The zero-order chi connectivity index (χ0) is 20.1. The topological polar surface area (TPSA) is 64.4 Å². The molecule has 3 rings (SSSR count). The number of carbonyl (C=O) groups is 1. The van der Waals surface area contributed by atoms with Gasteiger partial charge < -0.3 is 9.64 Å². The lowest BCUT2D eigenvalue weighted by Crippen LogP contribution is -2.29. The first-order chi connectivity index (χ1) is 13.5. The molecule has 146 valence electrons. The van der Waals surface area contributed by atoms with E-state index in [9.17, 15) is 9.59 Å². The first-order valence-corrected chi connectivity index (χ1v) is 9.40. The standard InChI is InChI=1S/C22H25N3O3/c1-4-28-18-10-8-17(9-11-18)14-24(3)20(26)12-13-25-15-23-21-16(2)6-5-7-19(21)22(25)27/h5-11,15H,4,12-14H2,1-3H3. The van der Waals surface area contributed by atoms with Crippen LogP contribution in [0.1, 0.15) is 24.5 Å². The summed E-state index contributed by atoms with van der Waals surface area (Å²) < 4.78 is 6.94. The van der Waals surface area contributed by atoms with Crippen molar-refractivity contribution in [3.05, 3.63) is 70.3 Å². The van der Waals surface area contributed by atoms with Gasteiger partial charge in [0.2, 0.25) is 5.91 Å². The Balaban J connectivity index is 1.62. The van der Waals surface area contributed by atoms with Crippen LogP contribution in [0.3, 0.4) is 0 Å². The van der Waals surface area contributed by atoms with Crippen LogP contribution in [0, 0.1) is 6.92 Å². The Kier molecular flexibility index (Phi) is 6.09. The molecule has 0 atom stereocenters. The summed E-state index contributed by atoms with van der Waals surface area (Å²) in [5, 5.41) is 0.581. The molecule has 0 bridgehead atoms. The predicted molar refractivity (Wildman–Crippen MR) is 109 cm³/mol. The van der Waals surface area contributed by atoms with E-state index in [1.165, 1.54) is 10.9 Å². The second-order valence-electron chi connectivity index (χ2n) is 6.79. The van der Waals surface area contributed by atoms with Gasteiger partial charge in [0.1, 0.15) is 5.75 Å². The molecular formula is C22H25N3O3. The maximum atomic E-state index is 12.6. The highest BCUT2D eigenvalue weighted by Gasteiger charge is 2.12. The van der Waals surface area contributed by atoms with Crippen LogP contribution in [0.25, 0.3) is 10.9 Å². The van der Waals surface area contributed by atoms with Gasteiger partial charge in [-0.15, -0.1) is 0 Å². The Bertz CT molecular complexity index is 1030. The van der Waals surface area contributed by atoms with Crippen LogP contribution in [0.2, 0.25) is 0 Å². The Morgan fingerprint density at radius 2 is 1.93 bits per heavy atom. The van der Waals surface area contributed by atoms with Crippen LogP contribution in [-0.2, 0) is 17.9 Å². The van der Waals surface area contributed by atoms with Crippen molar-refractivity contribution in [3.63, 3.8) is 0 Å². The lowest BCUT2D eigenvalue weighted by Gasteiger charge is -2.18. The zero-order valence-corrected chi connectivity index (χ0v) is 16.5. The third-order valence-electron chi connectivity index (χ3n) is 4.70. The number of rotatable bonds is 7. The van der Waals surface area contributed by atoms with E-state index >= 15 is 0 Å². The Morgan fingerprint density at radius 3 is 2.64 bits per heavy atom. The third-order valence-corrected chi connectivity index (χ3v) is 4.70. The van der Waals surface area contributed by atoms with Crippen molar-refractivity contribution >= 4 is 16.8 Å². The maximum absolute atomic E-state index is 12.6. The molecule has 1 amide bonds. The molecule has 0 spiro atoms. The summed E-state index contributed by atoms with van der Waals surface area (Å²) in [4.78, 5) is 31.2. The number of nitrogens with zero attached hydrogens (tertiary/aromatic N) is 3. The molecule has 0 N–H and O–H groups in total. The molecule has 0 saturated carbocycles. The number of aromatic nitrogens is 2. The van der Waals surface area contributed by atoms with Crippen molar-refractivity contribution in [2.24, 2.45) is 0 Å². The van der Waals surface area contributed by atoms with Crippen LogP contribution < -0.4 is 10.3 Å². The third kappa shape index (κ3) is 4.39. The number of hydrogen-bond donors (Lipinski definition) is 0. The van der Waals surface area contributed by atoms with E-state index in [2.05, 4.69) is 4.98 Å². The van der Waals surface area contributed by atoms with Crippen molar-refractivity contribution in [1.29, 1.82) is 0 Å². The summed E-state index contributed by atoms with van der Waals surface area (Å²) in [7, 11) is 1.77. The normalized spacial score (nSPS) is 10.8. The van der Waals surface area contributed by atoms with Gasteiger partial charge in [-0.1, -0.05) is 24.3 Å². The summed E-state index contributed by atoms with van der Waals surface area (Å²) >= 11 is 0. The lowest BCUT2D eigenvalue weighted by atomic mass is 10.1. The van der Waals surface area contributed by atoms with Crippen molar-refractivity contribution < 1.29 is 9.53 Å². The summed E-state index contributed by atoms with van der Waals surface area (Å²) in [6.45, 7) is 5.31. The molecular weight excluding hydrogens is 354 g/mol. The molecule has 0 unspecified atom stereocenters. The molecule has 28 heavy (non-hydrogen) atoms. The minimum Gasteiger partial charge on any atom is -0.494 e. The van der Waals surface area contributed by atoms with Gasteiger partial charge >= 0.3 is 0 Å². The van der Waals surface area contributed by atoms with E-state index in [1.54, 1.807) is 18.0 Å². The number of carbonyl (C=O) groups excluding carboxylic acids is 1. The number of hydrogen-bond acceptors (Lipinski definition) is 4. The Hall–Kier alpha value is -3.15. The van der Waals surface area contributed by atoms with Crippen LogP contribution in [0.4, 0.5) is 0 Å². The quantitative estimate of drug-likeness (QED) is 0.633. The predicted octanol–water partition coefficient (Wildman–Crippen LogP) is 3.15. The number of amides is 1. The van der Waals surface area contributed by atoms with E-state index in [1.807, 2.05) is 50.2 Å². The molecule has 6 heteroatoms. The molecule has 1 aromatic heterocycles. The maximum Gasteiger partial charge on any atom is 0.261 e. The highest BCUT2D eigenvalue weighted by atomic mass is 16.5. The second-order valence-corrected chi connectivity index (χ2v) is 6.79. The first-order valence-electron chi connectivity index (χ1n) is 9.40. The van der Waals surface area contributed by atoms with Crippen LogP contribution >= 0.6 is 0 Å². The minimum atomic E-state index is -0.115. The van der Waals surface area contributed by atoms with E-state index in [-0.39, 0.29) is 17.9 Å². The molecule has 0 aliphatic carbocycles. The van der Waals surface area contributed by atoms with E-state index in [0.717, 1.165) is 16.9 Å². The van der Waals surface area contributed by atoms with Gasteiger partial charge in [0.05, 0.1) is 23.8 Å². The molecule has 2 aromatic carbocycles. The summed E-state index contributed by atoms with van der Waals surface area (Å²) in [6.07, 6.45) is 1.77. The van der Waals surface area contributed by atoms with E-state index < -0.39 is 0 Å². The molecule has 0 saturated heterocycles. The van der Waals surface area contributed by atoms with Gasteiger partial charge in [-0.2, -0.15) is 0 Å². The fraction of sp³-hybridized carbons (Fsp3) is 0.318. The van der Waals surface area contributed by atoms with Crippen molar-refractivity contribution in [3.8, 4) is 5.75 Å². The summed E-state index contributed by atoms with van der Waals surface area (Å²) in [5.74, 6) is 0.795. The van der Waals surface area contributed by atoms with Crippen LogP contribution in [-0.4, -0.2) is 34.0 Å². The van der Waals surface area contributed by atoms with Gasteiger partial charge in [0.25, 0.3) is 5.56 Å². The van der Waals surface area contributed by atoms with Gasteiger partial charge in [0.15, 0.2) is 0 Å². The molecule has 6 nitrogen and oxygen atoms in total. The smallest absolute Gasteiger partial charge is 0.261 e. The molecule has 0 aliphatic heterocycles. The molecule has 3 aromatic rings. The monoisotopic (exact) mass is 379 g/mol. The number of benzene rings is 2. The van der Waals surface area contributed by atoms with Crippen molar-refractivity contribution in [1.82, 2.24) is 14.5 Å². The minimum absolute atomic E-state index is 0.0230. The summed E-state index contributed by atoms with van der Waals surface area (Å²) in [6, 6.07) is 13.3. The van der Waals surface area contributed by atoms with Crippen molar-refractivity contribution in [2.45, 2.75) is 33.4 Å². The fourth-order valence-corrected chi connectivity index (χ4v) is 3.12. The summed E-state index contributed by atoms with van der Waals surface area (Å²) in [5.41, 5.74) is 2.59. The number of fused-ring (bicyclic) bond motifs is 1. The van der Waals surface area contributed by atoms with Crippen LogP contribution in [0.15, 0.2) is 53.6 Å². The first kappa shape index (κ1) is 19.6. The highest BCUT2D eigenvalue weighted by molar-refractivity contribution is 5.80. The largest absolute Gasteiger partial charge is 0.494 e. The SMILES string of the molecule is CCOc1ccc(CN(C)C(=O)CCn2cnc3c(C)cccc3c2=O)cc1. The number of para-hydroxylation sites is 1. The number of ether oxygens (including phenoxy) is 1. The molecule has 0 radical (unpaired) electrons. The van der Waals surface area contributed by atoms with Crippen molar-refractivity contribution in [2.75, 3.05) is 13.7 Å². The zero-order valence-electron chi connectivity index (χ0n) is 16.5.